The molecule has 41 heavy (non-hydrogen) atoms. The molecule has 5 aromatic carbocycles. The standard InChI is InChI=1S/C36H25N3O2/c1-36(2)26-18-10-9-16-24(26)30-27(36)20-21-29-32(30)41-31-25(17-11-19-28(31)40-29)35-38-33(22-12-5-3-6-13-22)37-34(39-35)23-14-7-4-8-15-23/h3-21H,1-2H3. The number of rotatable bonds is 3. The number of fused-ring (bicyclic) bond motifs is 6. The van der Waals surface area contributed by atoms with Crippen LogP contribution in [0.15, 0.2) is 115 Å². The number of hydrogen-bond acceptors (Lipinski definition) is 5. The molecule has 8 rings (SSSR count). The van der Waals surface area contributed by atoms with Crippen molar-refractivity contribution >= 4 is 0 Å². The molecule has 5 heteroatoms. The number of hydrogen-bond donors (Lipinski definition) is 0. The molecule has 0 fully saturated rings. The number of ether oxygens (including phenoxy) is 2. The van der Waals surface area contributed by atoms with Crippen LogP contribution in [0.1, 0.15) is 25.0 Å². The smallest absolute Gasteiger partial charge is 0.181 e. The topological polar surface area (TPSA) is 57.1 Å². The zero-order valence-electron chi connectivity index (χ0n) is 22.6. The van der Waals surface area contributed by atoms with Gasteiger partial charge in [-0.1, -0.05) is 111 Å². The molecule has 1 aliphatic heterocycles. The Labute approximate surface area is 238 Å². The van der Waals surface area contributed by atoms with Crippen LogP contribution in [0, 0.1) is 0 Å². The van der Waals surface area contributed by atoms with Gasteiger partial charge in [-0.25, -0.2) is 15.0 Å². The van der Waals surface area contributed by atoms with Gasteiger partial charge in [-0.05, 0) is 34.9 Å². The highest BCUT2D eigenvalue weighted by Gasteiger charge is 2.40. The molecule has 0 bridgehead atoms. The first-order valence-corrected chi connectivity index (χ1v) is 13.7. The van der Waals surface area contributed by atoms with E-state index in [1.807, 2.05) is 84.9 Å². The van der Waals surface area contributed by atoms with Crippen LogP contribution in [-0.2, 0) is 5.41 Å². The Kier molecular flexibility index (Phi) is 5.10. The largest absolute Gasteiger partial charge is 0.449 e. The normalized spacial score (nSPS) is 13.7. The summed E-state index contributed by atoms with van der Waals surface area (Å²) in [5.41, 5.74) is 7.18. The Balaban J connectivity index is 1.31. The summed E-state index contributed by atoms with van der Waals surface area (Å²) in [5, 5.41) is 0. The van der Waals surface area contributed by atoms with Crippen molar-refractivity contribution < 1.29 is 9.47 Å². The highest BCUT2D eigenvalue weighted by molar-refractivity contribution is 5.88. The number of para-hydroxylation sites is 1. The summed E-state index contributed by atoms with van der Waals surface area (Å²) >= 11 is 0. The second kappa shape index (κ2) is 8.86. The molecule has 1 aliphatic carbocycles. The van der Waals surface area contributed by atoms with E-state index in [2.05, 4.69) is 44.2 Å². The fourth-order valence-corrected chi connectivity index (χ4v) is 5.95. The molecular weight excluding hydrogens is 506 g/mol. The van der Waals surface area contributed by atoms with E-state index in [-0.39, 0.29) is 5.41 Å². The van der Waals surface area contributed by atoms with E-state index in [1.165, 1.54) is 16.7 Å². The number of benzene rings is 5. The summed E-state index contributed by atoms with van der Waals surface area (Å²) in [6, 6.07) is 38.5. The molecule has 0 unspecified atom stereocenters. The first-order valence-electron chi connectivity index (χ1n) is 13.7. The third kappa shape index (κ3) is 3.66. The second-order valence-corrected chi connectivity index (χ2v) is 10.9. The van der Waals surface area contributed by atoms with Crippen LogP contribution < -0.4 is 9.47 Å². The van der Waals surface area contributed by atoms with Gasteiger partial charge in [0.15, 0.2) is 40.5 Å². The van der Waals surface area contributed by atoms with Crippen LogP contribution in [0.25, 0.3) is 45.3 Å². The summed E-state index contributed by atoms with van der Waals surface area (Å²) in [4.78, 5) is 14.7. The summed E-state index contributed by atoms with van der Waals surface area (Å²) in [5.74, 6) is 4.37. The molecule has 196 valence electrons. The van der Waals surface area contributed by atoms with E-state index in [9.17, 15) is 0 Å². The maximum Gasteiger partial charge on any atom is 0.181 e. The van der Waals surface area contributed by atoms with Crippen LogP contribution in [0.5, 0.6) is 23.0 Å². The van der Waals surface area contributed by atoms with E-state index >= 15 is 0 Å². The predicted octanol–water partition coefficient (Wildman–Crippen LogP) is 9.08. The minimum Gasteiger partial charge on any atom is -0.449 e. The van der Waals surface area contributed by atoms with E-state index in [4.69, 9.17) is 24.4 Å². The van der Waals surface area contributed by atoms with Crippen LogP contribution in [0.2, 0.25) is 0 Å². The highest BCUT2D eigenvalue weighted by atomic mass is 16.6. The SMILES string of the molecule is CC1(C)c2ccccc2-c2c1ccc1c2Oc2c(cccc2-c2nc(-c3ccccc3)nc(-c3ccccc3)n2)O1. The Hall–Kier alpha value is -5.29. The molecule has 0 saturated heterocycles. The molecule has 0 spiro atoms. The van der Waals surface area contributed by atoms with E-state index in [0.717, 1.165) is 28.0 Å². The predicted molar refractivity (Wildman–Crippen MR) is 160 cm³/mol. The lowest BCUT2D eigenvalue weighted by molar-refractivity contribution is 0.361. The lowest BCUT2D eigenvalue weighted by Gasteiger charge is -2.26. The molecule has 2 heterocycles. The van der Waals surface area contributed by atoms with Gasteiger partial charge in [-0.15, -0.1) is 0 Å². The van der Waals surface area contributed by atoms with Gasteiger partial charge < -0.3 is 9.47 Å². The number of aromatic nitrogens is 3. The molecule has 0 amide bonds. The summed E-state index contributed by atoms with van der Waals surface area (Å²) in [7, 11) is 0. The maximum absolute atomic E-state index is 6.82. The van der Waals surface area contributed by atoms with Gasteiger partial charge in [0.1, 0.15) is 0 Å². The van der Waals surface area contributed by atoms with Crippen molar-refractivity contribution in [2.24, 2.45) is 0 Å². The molecule has 0 N–H and O–H groups in total. The third-order valence-corrected chi connectivity index (χ3v) is 8.01. The first-order chi connectivity index (χ1) is 20.1. The summed E-state index contributed by atoms with van der Waals surface area (Å²) in [6.07, 6.45) is 0. The summed E-state index contributed by atoms with van der Waals surface area (Å²) in [6.45, 7) is 4.52. The van der Waals surface area contributed by atoms with Gasteiger partial charge in [0, 0.05) is 22.1 Å². The zero-order valence-corrected chi connectivity index (χ0v) is 22.6. The molecular formula is C36H25N3O2. The van der Waals surface area contributed by atoms with Crippen LogP contribution >= 0.6 is 0 Å². The second-order valence-electron chi connectivity index (χ2n) is 10.9. The van der Waals surface area contributed by atoms with E-state index in [1.54, 1.807) is 0 Å². The van der Waals surface area contributed by atoms with Crippen LogP contribution in [0.3, 0.4) is 0 Å². The van der Waals surface area contributed by atoms with E-state index in [0.29, 0.717) is 34.7 Å². The highest BCUT2D eigenvalue weighted by Crippen LogP contribution is 2.59. The maximum atomic E-state index is 6.82. The van der Waals surface area contributed by atoms with Gasteiger partial charge in [-0.3, -0.25) is 0 Å². The Morgan fingerprint density at radius 1 is 0.463 bits per heavy atom. The Morgan fingerprint density at radius 3 is 1.76 bits per heavy atom. The Morgan fingerprint density at radius 2 is 1.05 bits per heavy atom. The quantitative estimate of drug-likeness (QED) is 0.228. The zero-order chi connectivity index (χ0) is 27.6. The van der Waals surface area contributed by atoms with E-state index < -0.39 is 0 Å². The average molecular weight is 532 g/mol. The molecule has 0 radical (unpaired) electrons. The number of nitrogens with zero attached hydrogens (tertiary/aromatic N) is 3. The molecule has 2 aliphatic rings. The fourth-order valence-electron chi connectivity index (χ4n) is 5.95. The van der Waals surface area contributed by atoms with Gasteiger partial charge in [0.05, 0.1) is 5.56 Å². The minimum absolute atomic E-state index is 0.145. The van der Waals surface area contributed by atoms with Crippen LogP contribution in [0.4, 0.5) is 0 Å². The van der Waals surface area contributed by atoms with Crippen molar-refractivity contribution in [2.75, 3.05) is 0 Å². The first kappa shape index (κ1) is 23.6. The monoisotopic (exact) mass is 531 g/mol. The van der Waals surface area contributed by atoms with Gasteiger partial charge in [0.2, 0.25) is 0 Å². The van der Waals surface area contributed by atoms with Crippen molar-refractivity contribution in [3.8, 4) is 68.3 Å². The van der Waals surface area contributed by atoms with Gasteiger partial charge in [0.25, 0.3) is 0 Å². The molecule has 1 aromatic heterocycles. The lowest BCUT2D eigenvalue weighted by atomic mass is 9.82. The van der Waals surface area contributed by atoms with Crippen molar-refractivity contribution in [3.05, 3.63) is 126 Å². The van der Waals surface area contributed by atoms with Crippen molar-refractivity contribution in [2.45, 2.75) is 19.3 Å². The third-order valence-electron chi connectivity index (χ3n) is 8.01. The molecule has 6 aromatic rings. The molecule has 0 atom stereocenters. The van der Waals surface area contributed by atoms with Crippen molar-refractivity contribution in [1.82, 2.24) is 15.0 Å². The Bertz CT molecular complexity index is 1910. The van der Waals surface area contributed by atoms with Crippen LogP contribution in [-0.4, -0.2) is 15.0 Å². The minimum atomic E-state index is -0.145. The molecule has 5 nitrogen and oxygen atoms in total. The van der Waals surface area contributed by atoms with Gasteiger partial charge in [-0.2, -0.15) is 0 Å². The average Bonchev–Trinajstić information content (AvgIpc) is 3.27. The fraction of sp³-hybridized carbons (Fsp3) is 0.0833. The van der Waals surface area contributed by atoms with Gasteiger partial charge >= 0.3 is 0 Å². The molecule has 0 saturated carbocycles. The summed E-state index contributed by atoms with van der Waals surface area (Å²) < 4.78 is 13.3. The van der Waals surface area contributed by atoms with Crippen molar-refractivity contribution in [3.63, 3.8) is 0 Å². The van der Waals surface area contributed by atoms with Crippen molar-refractivity contribution in [1.29, 1.82) is 0 Å². The lowest BCUT2D eigenvalue weighted by Crippen LogP contribution is -2.15.